The average Bonchev–Trinajstić information content (AvgIpc) is 2.94. The van der Waals surface area contributed by atoms with Gasteiger partial charge < -0.3 is 23.4 Å². The van der Waals surface area contributed by atoms with E-state index in [4.69, 9.17) is 18.5 Å². The maximum Gasteiger partial charge on any atom is 0.532 e. The Morgan fingerprint density at radius 1 is 1.00 bits per heavy atom. The van der Waals surface area contributed by atoms with Gasteiger partial charge in [-0.05, 0) is 33.8 Å². The first-order valence-electron chi connectivity index (χ1n) is 7.17. The van der Waals surface area contributed by atoms with Crippen molar-refractivity contribution in [3.63, 3.8) is 0 Å². The van der Waals surface area contributed by atoms with Gasteiger partial charge >= 0.3 is 7.12 Å². The van der Waals surface area contributed by atoms with E-state index in [0.29, 0.717) is 0 Å². The molecular weight excluding hydrogens is 257 g/mol. The highest BCUT2D eigenvalue weighted by Gasteiger charge is 2.53. The maximum atomic E-state index is 5.99. The van der Waals surface area contributed by atoms with Crippen LogP contribution in [-0.2, 0) is 14.0 Å². The minimum Gasteiger partial charge on any atom is -0.449 e. The summed E-state index contributed by atoms with van der Waals surface area (Å²) in [6.07, 6.45) is 0. The van der Waals surface area contributed by atoms with Crippen LogP contribution in [0.15, 0.2) is 16.5 Å². The van der Waals surface area contributed by atoms with Crippen LogP contribution in [0.25, 0.3) is 0 Å². The van der Waals surface area contributed by atoms with E-state index in [9.17, 15) is 0 Å². The number of nitrogens with zero attached hydrogens (tertiary/aromatic N) is 1. The second-order valence-electron chi connectivity index (χ2n) is 6.36. The molecule has 0 unspecified atom stereocenters. The van der Waals surface area contributed by atoms with Crippen LogP contribution in [-0.4, -0.2) is 44.6 Å². The van der Waals surface area contributed by atoms with E-state index in [0.717, 1.165) is 37.8 Å². The van der Waals surface area contributed by atoms with E-state index in [1.807, 2.05) is 39.8 Å². The smallest absolute Gasteiger partial charge is 0.449 e. The van der Waals surface area contributed by atoms with Crippen molar-refractivity contribution < 1.29 is 18.5 Å². The maximum absolute atomic E-state index is 5.99. The number of hydrogen-bond acceptors (Lipinski definition) is 5. The van der Waals surface area contributed by atoms with Crippen molar-refractivity contribution in [2.24, 2.45) is 0 Å². The van der Waals surface area contributed by atoms with Crippen molar-refractivity contribution in [2.75, 3.05) is 31.2 Å². The van der Waals surface area contributed by atoms with Gasteiger partial charge in [0.1, 0.15) is 5.66 Å². The Morgan fingerprint density at radius 3 is 2.20 bits per heavy atom. The molecule has 0 saturated carbocycles. The number of ether oxygens (including phenoxy) is 1. The lowest BCUT2D eigenvalue weighted by molar-refractivity contribution is 0.00578. The van der Waals surface area contributed by atoms with E-state index in [2.05, 4.69) is 4.90 Å². The molecule has 2 aliphatic heterocycles. The van der Waals surface area contributed by atoms with Gasteiger partial charge in [0, 0.05) is 19.2 Å². The number of anilines is 1. The molecule has 6 heteroatoms. The molecule has 0 radical (unpaired) electrons. The van der Waals surface area contributed by atoms with Crippen LogP contribution in [0.1, 0.15) is 27.7 Å². The van der Waals surface area contributed by atoms with Gasteiger partial charge in [-0.25, -0.2) is 0 Å². The third kappa shape index (κ3) is 2.36. The Morgan fingerprint density at radius 2 is 1.60 bits per heavy atom. The average molecular weight is 279 g/mol. The summed E-state index contributed by atoms with van der Waals surface area (Å²) in [7, 11) is -0.435. The zero-order valence-electron chi connectivity index (χ0n) is 12.6. The molecule has 0 atom stereocenters. The topological polar surface area (TPSA) is 44.1 Å². The summed E-state index contributed by atoms with van der Waals surface area (Å²) in [6, 6.07) is 3.92. The lowest BCUT2D eigenvalue weighted by atomic mass is 9.86. The summed E-state index contributed by atoms with van der Waals surface area (Å²) in [5.41, 5.74) is 0.0397. The summed E-state index contributed by atoms with van der Waals surface area (Å²) in [5, 5.41) is 0. The molecule has 0 aliphatic carbocycles. The SMILES string of the molecule is CC1(C)OB(c2ccc(N3CCOCC3)o2)OC1(C)C. The molecule has 20 heavy (non-hydrogen) atoms. The molecule has 2 saturated heterocycles. The summed E-state index contributed by atoms with van der Waals surface area (Å²) in [6.45, 7) is 11.4. The predicted octanol–water partition coefficient (Wildman–Crippen LogP) is 1.42. The summed E-state index contributed by atoms with van der Waals surface area (Å²) < 4.78 is 23.2. The van der Waals surface area contributed by atoms with Crippen molar-refractivity contribution in [3.05, 3.63) is 12.1 Å². The van der Waals surface area contributed by atoms with Crippen molar-refractivity contribution >= 4 is 18.7 Å². The fourth-order valence-electron chi connectivity index (χ4n) is 2.38. The third-order valence-corrected chi connectivity index (χ3v) is 4.42. The Balaban J connectivity index is 1.74. The zero-order chi connectivity index (χ0) is 14.4. The standard InChI is InChI=1S/C14H22BNO4/c1-13(2)14(3,4)20-15(19-13)11-5-6-12(18-11)16-7-9-17-10-8-16/h5-6H,7-10H2,1-4H3. The first kappa shape index (κ1) is 14.0. The van der Waals surface area contributed by atoms with Gasteiger partial charge in [-0.3, -0.25) is 0 Å². The van der Waals surface area contributed by atoms with Crippen molar-refractivity contribution in [2.45, 2.75) is 38.9 Å². The van der Waals surface area contributed by atoms with Gasteiger partial charge in [0.2, 0.25) is 0 Å². The third-order valence-electron chi connectivity index (χ3n) is 4.42. The molecule has 1 aromatic rings. The van der Waals surface area contributed by atoms with Crippen LogP contribution in [0.5, 0.6) is 0 Å². The molecule has 2 fully saturated rings. The quantitative estimate of drug-likeness (QED) is 0.766. The Kier molecular flexibility index (Phi) is 3.35. The molecule has 0 amide bonds. The van der Waals surface area contributed by atoms with E-state index >= 15 is 0 Å². The molecule has 0 aromatic carbocycles. The number of hydrogen-bond donors (Lipinski definition) is 0. The number of morpholine rings is 1. The minimum absolute atomic E-state index is 0.344. The predicted molar refractivity (Wildman–Crippen MR) is 77.5 cm³/mol. The minimum atomic E-state index is -0.435. The lowest BCUT2D eigenvalue weighted by Gasteiger charge is -2.32. The van der Waals surface area contributed by atoms with Gasteiger partial charge in [-0.15, -0.1) is 0 Å². The fourth-order valence-corrected chi connectivity index (χ4v) is 2.38. The van der Waals surface area contributed by atoms with Gasteiger partial charge in [0.25, 0.3) is 0 Å². The van der Waals surface area contributed by atoms with Gasteiger partial charge in [-0.1, -0.05) is 0 Å². The van der Waals surface area contributed by atoms with Gasteiger partial charge in [-0.2, -0.15) is 0 Å². The Bertz CT molecular complexity index is 463. The molecule has 2 aliphatic rings. The van der Waals surface area contributed by atoms with E-state index in [1.54, 1.807) is 0 Å². The van der Waals surface area contributed by atoms with E-state index in [-0.39, 0.29) is 11.2 Å². The molecule has 0 N–H and O–H groups in total. The van der Waals surface area contributed by atoms with Crippen LogP contribution < -0.4 is 10.6 Å². The van der Waals surface area contributed by atoms with Crippen LogP contribution in [0.4, 0.5) is 5.88 Å². The van der Waals surface area contributed by atoms with Crippen molar-refractivity contribution in [1.29, 1.82) is 0 Å². The molecule has 0 spiro atoms. The van der Waals surface area contributed by atoms with Crippen LogP contribution >= 0.6 is 0 Å². The van der Waals surface area contributed by atoms with Crippen LogP contribution in [0.2, 0.25) is 0 Å². The normalized spacial score (nSPS) is 25.2. The van der Waals surface area contributed by atoms with Gasteiger partial charge in [0.05, 0.1) is 24.4 Å². The zero-order valence-corrected chi connectivity index (χ0v) is 12.6. The first-order valence-corrected chi connectivity index (χ1v) is 7.17. The molecule has 110 valence electrons. The highest BCUT2D eigenvalue weighted by atomic mass is 16.7. The summed E-state index contributed by atoms with van der Waals surface area (Å²) >= 11 is 0. The molecular formula is C14H22BNO4. The second kappa shape index (κ2) is 4.79. The lowest BCUT2D eigenvalue weighted by Crippen LogP contribution is -2.41. The van der Waals surface area contributed by atoms with Crippen LogP contribution in [0.3, 0.4) is 0 Å². The van der Waals surface area contributed by atoms with E-state index in [1.165, 1.54) is 0 Å². The molecule has 5 nitrogen and oxygen atoms in total. The highest BCUT2D eigenvalue weighted by Crippen LogP contribution is 2.36. The molecule has 3 rings (SSSR count). The Hall–Kier alpha value is -0.975. The van der Waals surface area contributed by atoms with Crippen LogP contribution in [0, 0.1) is 0 Å². The number of furan rings is 1. The van der Waals surface area contributed by atoms with Crippen molar-refractivity contribution in [3.8, 4) is 0 Å². The highest BCUT2D eigenvalue weighted by molar-refractivity contribution is 6.60. The summed E-state index contributed by atoms with van der Waals surface area (Å²) in [4.78, 5) is 2.18. The molecule has 3 heterocycles. The van der Waals surface area contributed by atoms with Gasteiger partial charge in [0.15, 0.2) is 5.88 Å². The number of rotatable bonds is 2. The van der Waals surface area contributed by atoms with E-state index < -0.39 is 7.12 Å². The first-order chi connectivity index (χ1) is 9.39. The molecule has 1 aromatic heterocycles. The van der Waals surface area contributed by atoms with Crippen molar-refractivity contribution in [1.82, 2.24) is 0 Å². The summed E-state index contributed by atoms with van der Waals surface area (Å²) in [5.74, 6) is 0.859. The second-order valence-corrected chi connectivity index (χ2v) is 6.36. The molecule has 0 bridgehead atoms. The fraction of sp³-hybridized carbons (Fsp3) is 0.714. The monoisotopic (exact) mass is 279 g/mol. The Labute approximate surface area is 120 Å². The largest absolute Gasteiger partial charge is 0.532 e.